The van der Waals surface area contributed by atoms with Crippen molar-refractivity contribution >= 4 is 10.9 Å². The summed E-state index contributed by atoms with van der Waals surface area (Å²) in [4.78, 5) is 3.36. The maximum Gasteiger partial charge on any atom is 0.115 e. The van der Waals surface area contributed by atoms with Gasteiger partial charge in [0, 0.05) is 35.6 Å². The number of hydrogen-bond acceptors (Lipinski definition) is 2. The molecule has 0 radical (unpaired) electrons. The predicted octanol–water partition coefficient (Wildman–Crippen LogP) is 4.51. The highest BCUT2D eigenvalue weighted by molar-refractivity contribution is 5.82. The van der Waals surface area contributed by atoms with Crippen molar-refractivity contribution in [3.63, 3.8) is 0 Å². The van der Waals surface area contributed by atoms with Gasteiger partial charge >= 0.3 is 0 Å². The lowest BCUT2D eigenvalue weighted by Crippen LogP contribution is -2.37. The first kappa shape index (κ1) is 16.0. The summed E-state index contributed by atoms with van der Waals surface area (Å²) in [6, 6.07) is 16.6. The van der Waals surface area contributed by atoms with Gasteiger partial charge in [0.2, 0.25) is 0 Å². The van der Waals surface area contributed by atoms with Crippen molar-refractivity contribution in [2.45, 2.75) is 31.2 Å². The monoisotopic (exact) mass is 332 g/mol. The second kappa shape index (κ2) is 7.16. The minimum atomic E-state index is 0.323. The Bertz CT molecular complexity index is 880. The molecule has 0 fully saturated rings. The van der Waals surface area contributed by atoms with Gasteiger partial charge in [-0.05, 0) is 48.6 Å². The Balaban J connectivity index is 1.43. The number of rotatable bonds is 5. The molecule has 3 heteroatoms. The molecule has 2 atom stereocenters. The molecular formula is C22H24N2O. The summed E-state index contributed by atoms with van der Waals surface area (Å²) in [5.41, 5.74) is 3.80. The number of H-pyrrole nitrogens is 1. The molecule has 3 nitrogen and oxygen atoms in total. The normalized spacial score (nSPS) is 20.2. The number of para-hydroxylation sites is 1. The Kier molecular flexibility index (Phi) is 4.57. The number of benzene rings is 2. The third-order valence-corrected chi connectivity index (χ3v) is 5.17. The lowest BCUT2D eigenvalue weighted by molar-refractivity contribution is 0.435. The number of phenols is 1. The van der Waals surface area contributed by atoms with Gasteiger partial charge in [-0.2, -0.15) is 0 Å². The molecule has 0 aliphatic carbocycles. The maximum atomic E-state index is 9.78. The Morgan fingerprint density at radius 2 is 2.00 bits per heavy atom. The summed E-state index contributed by atoms with van der Waals surface area (Å²) in [5.74, 6) is 0.665. The van der Waals surface area contributed by atoms with E-state index in [1.54, 1.807) is 6.07 Å². The first-order chi connectivity index (χ1) is 12.3. The number of aromatic amines is 1. The van der Waals surface area contributed by atoms with Crippen LogP contribution in [0.2, 0.25) is 0 Å². The van der Waals surface area contributed by atoms with Crippen molar-refractivity contribution in [1.82, 2.24) is 10.3 Å². The number of fused-ring (bicyclic) bond motifs is 1. The summed E-state index contributed by atoms with van der Waals surface area (Å²) < 4.78 is 0. The highest BCUT2D eigenvalue weighted by Gasteiger charge is 2.22. The third kappa shape index (κ3) is 3.47. The molecule has 0 saturated heterocycles. The molecule has 3 aromatic rings. The fourth-order valence-electron chi connectivity index (χ4n) is 3.90. The summed E-state index contributed by atoms with van der Waals surface area (Å²) in [6.45, 7) is 0.924. The van der Waals surface area contributed by atoms with Gasteiger partial charge in [-0.3, -0.25) is 0 Å². The number of phenolic OH excluding ortho intramolecular Hbond substituents is 1. The Hall–Kier alpha value is -2.52. The fraction of sp³-hybridized carbons (Fsp3) is 0.273. The zero-order valence-corrected chi connectivity index (χ0v) is 14.3. The number of aromatic hydroxyl groups is 1. The van der Waals surface area contributed by atoms with Gasteiger partial charge in [0.15, 0.2) is 0 Å². The zero-order chi connectivity index (χ0) is 17.1. The van der Waals surface area contributed by atoms with E-state index in [2.05, 4.69) is 59.0 Å². The van der Waals surface area contributed by atoms with Crippen LogP contribution in [0.1, 0.15) is 29.9 Å². The third-order valence-electron chi connectivity index (χ3n) is 5.17. The van der Waals surface area contributed by atoms with Crippen molar-refractivity contribution in [2.75, 3.05) is 6.54 Å². The van der Waals surface area contributed by atoms with Crippen molar-refractivity contribution in [3.05, 3.63) is 78.0 Å². The number of nitrogens with one attached hydrogen (secondary N) is 2. The molecular weight excluding hydrogens is 308 g/mol. The number of aryl methyl sites for hydroxylation is 1. The van der Waals surface area contributed by atoms with Crippen LogP contribution >= 0.6 is 0 Å². The molecule has 1 aliphatic rings. The quantitative estimate of drug-likeness (QED) is 0.602. The topological polar surface area (TPSA) is 48.0 Å². The molecule has 2 unspecified atom stereocenters. The van der Waals surface area contributed by atoms with Crippen LogP contribution in [0, 0.1) is 0 Å². The molecule has 2 aromatic carbocycles. The van der Waals surface area contributed by atoms with Crippen LogP contribution in [0.4, 0.5) is 0 Å². The molecule has 2 heterocycles. The summed E-state index contributed by atoms with van der Waals surface area (Å²) in [6.07, 6.45) is 9.95. The second-order valence-corrected chi connectivity index (χ2v) is 6.82. The van der Waals surface area contributed by atoms with Crippen LogP contribution in [0.5, 0.6) is 5.75 Å². The highest BCUT2D eigenvalue weighted by atomic mass is 16.3. The minimum Gasteiger partial charge on any atom is -0.508 e. The van der Waals surface area contributed by atoms with E-state index in [0.29, 0.717) is 17.7 Å². The van der Waals surface area contributed by atoms with E-state index in [1.165, 1.54) is 22.0 Å². The lowest BCUT2D eigenvalue weighted by Gasteiger charge is -2.29. The van der Waals surface area contributed by atoms with E-state index in [0.717, 1.165) is 25.8 Å². The molecule has 0 spiro atoms. The van der Waals surface area contributed by atoms with Gasteiger partial charge in [0.25, 0.3) is 0 Å². The van der Waals surface area contributed by atoms with Crippen LogP contribution in [0.3, 0.4) is 0 Å². The molecule has 25 heavy (non-hydrogen) atoms. The van der Waals surface area contributed by atoms with E-state index in [1.807, 2.05) is 12.1 Å². The van der Waals surface area contributed by atoms with E-state index in [9.17, 15) is 5.11 Å². The standard InChI is InChI=1S/C22H24N2O/c25-18-8-3-6-16(14-18)19-10-5-13-23-21(19)12-4-7-17-15-24-22-11-2-1-9-20(17)22/h1-3,5-6,8-11,14-15,19,21,23-25H,4,7,12-13H2. The fourth-order valence-corrected chi connectivity index (χ4v) is 3.90. The minimum absolute atomic E-state index is 0.323. The molecule has 0 saturated carbocycles. The average Bonchev–Trinajstić information content (AvgIpc) is 3.05. The van der Waals surface area contributed by atoms with Gasteiger partial charge < -0.3 is 15.4 Å². The van der Waals surface area contributed by atoms with Gasteiger partial charge in [-0.15, -0.1) is 0 Å². The lowest BCUT2D eigenvalue weighted by atomic mass is 9.86. The Morgan fingerprint density at radius 1 is 1.08 bits per heavy atom. The van der Waals surface area contributed by atoms with Crippen LogP contribution in [0.25, 0.3) is 10.9 Å². The van der Waals surface area contributed by atoms with E-state index in [-0.39, 0.29) is 0 Å². The van der Waals surface area contributed by atoms with Crippen molar-refractivity contribution in [2.24, 2.45) is 0 Å². The first-order valence-corrected chi connectivity index (χ1v) is 9.05. The molecule has 128 valence electrons. The molecule has 0 bridgehead atoms. The second-order valence-electron chi connectivity index (χ2n) is 6.82. The van der Waals surface area contributed by atoms with Gasteiger partial charge in [0.1, 0.15) is 5.75 Å². The van der Waals surface area contributed by atoms with Crippen molar-refractivity contribution < 1.29 is 5.11 Å². The first-order valence-electron chi connectivity index (χ1n) is 9.05. The van der Waals surface area contributed by atoms with Gasteiger partial charge in [-0.1, -0.05) is 42.5 Å². The average molecular weight is 332 g/mol. The van der Waals surface area contributed by atoms with Crippen molar-refractivity contribution in [3.8, 4) is 5.75 Å². The highest BCUT2D eigenvalue weighted by Crippen LogP contribution is 2.29. The van der Waals surface area contributed by atoms with E-state index >= 15 is 0 Å². The van der Waals surface area contributed by atoms with Crippen LogP contribution in [-0.2, 0) is 6.42 Å². The Morgan fingerprint density at radius 3 is 2.92 bits per heavy atom. The summed E-state index contributed by atoms with van der Waals surface area (Å²) >= 11 is 0. The summed E-state index contributed by atoms with van der Waals surface area (Å²) in [7, 11) is 0. The SMILES string of the molecule is Oc1cccc(C2C=CCNC2CCCc2c[nH]c3ccccc23)c1. The number of hydrogen-bond donors (Lipinski definition) is 3. The largest absolute Gasteiger partial charge is 0.508 e. The van der Waals surface area contributed by atoms with Crippen LogP contribution in [0.15, 0.2) is 66.9 Å². The molecule has 3 N–H and O–H groups in total. The van der Waals surface area contributed by atoms with Gasteiger partial charge in [-0.25, -0.2) is 0 Å². The van der Waals surface area contributed by atoms with Gasteiger partial charge in [0.05, 0.1) is 0 Å². The Labute approximate surface area is 148 Å². The zero-order valence-electron chi connectivity index (χ0n) is 14.3. The molecule has 1 aromatic heterocycles. The molecule has 0 amide bonds. The van der Waals surface area contributed by atoms with E-state index in [4.69, 9.17) is 0 Å². The maximum absolute atomic E-state index is 9.78. The smallest absolute Gasteiger partial charge is 0.115 e. The van der Waals surface area contributed by atoms with Crippen LogP contribution in [-0.4, -0.2) is 22.7 Å². The van der Waals surface area contributed by atoms with Crippen molar-refractivity contribution in [1.29, 1.82) is 0 Å². The van der Waals surface area contributed by atoms with E-state index < -0.39 is 0 Å². The van der Waals surface area contributed by atoms with Crippen LogP contribution < -0.4 is 5.32 Å². The summed E-state index contributed by atoms with van der Waals surface area (Å²) in [5, 5.41) is 14.7. The molecule has 1 aliphatic heterocycles. The predicted molar refractivity (Wildman–Crippen MR) is 103 cm³/mol. The molecule has 4 rings (SSSR count). The number of aromatic nitrogens is 1.